The molecule has 34 heavy (non-hydrogen) atoms. The number of halogens is 1. The minimum atomic E-state index is -0.354. The summed E-state index contributed by atoms with van der Waals surface area (Å²) in [5.41, 5.74) is 10.4. The van der Waals surface area contributed by atoms with Gasteiger partial charge in [-0.05, 0) is 71.9 Å². The SMILES string of the molecule is C[C@@H]1C[C@H](N)C[C@H](c2ccncc2CC(=O)c2ccc(F)c3cc(N4CC(C)(C)C4)cnc23)C1. The van der Waals surface area contributed by atoms with Crippen molar-refractivity contribution in [2.45, 2.75) is 58.4 Å². The van der Waals surface area contributed by atoms with Crippen LogP contribution in [0.4, 0.5) is 10.1 Å². The van der Waals surface area contributed by atoms with Gasteiger partial charge in [0.1, 0.15) is 5.82 Å². The van der Waals surface area contributed by atoms with Crippen LogP contribution in [0.25, 0.3) is 10.9 Å². The van der Waals surface area contributed by atoms with Gasteiger partial charge in [0.2, 0.25) is 0 Å². The number of anilines is 1. The Morgan fingerprint density at radius 2 is 1.97 bits per heavy atom. The Morgan fingerprint density at radius 1 is 1.18 bits per heavy atom. The van der Waals surface area contributed by atoms with Crippen LogP contribution < -0.4 is 10.6 Å². The number of fused-ring (bicyclic) bond motifs is 1. The number of hydrogen-bond acceptors (Lipinski definition) is 5. The van der Waals surface area contributed by atoms with Crippen LogP contribution in [0.15, 0.2) is 42.9 Å². The molecule has 0 unspecified atom stereocenters. The van der Waals surface area contributed by atoms with Crippen molar-refractivity contribution in [3.63, 3.8) is 0 Å². The third-order valence-corrected chi connectivity index (χ3v) is 7.40. The number of ketones is 1. The zero-order valence-corrected chi connectivity index (χ0v) is 20.2. The number of benzene rings is 1. The van der Waals surface area contributed by atoms with E-state index in [1.54, 1.807) is 24.7 Å². The Labute approximate surface area is 200 Å². The molecule has 2 fully saturated rings. The maximum atomic E-state index is 14.8. The summed E-state index contributed by atoms with van der Waals surface area (Å²) in [5, 5.41) is 0.395. The number of pyridine rings is 2. The van der Waals surface area contributed by atoms with Crippen molar-refractivity contribution >= 4 is 22.4 Å². The molecule has 1 saturated heterocycles. The maximum absolute atomic E-state index is 14.8. The Morgan fingerprint density at radius 3 is 2.71 bits per heavy atom. The van der Waals surface area contributed by atoms with Crippen LogP contribution >= 0.6 is 0 Å². The van der Waals surface area contributed by atoms with Crippen LogP contribution in [0.3, 0.4) is 0 Å². The van der Waals surface area contributed by atoms with Crippen molar-refractivity contribution in [1.82, 2.24) is 9.97 Å². The van der Waals surface area contributed by atoms with Gasteiger partial charge >= 0.3 is 0 Å². The Balaban J connectivity index is 1.43. The third-order valence-electron chi connectivity index (χ3n) is 7.40. The second-order valence-electron chi connectivity index (χ2n) is 11.1. The van der Waals surface area contributed by atoms with E-state index >= 15 is 0 Å². The van der Waals surface area contributed by atoms with Crippen molar-refractivity contribution in [3.05, 3.63) is 65.4 Å². The largest absolute Gasteiger partial charge is 0.369 e. The highest BCUT2D eigenvalue weighted by atomic mass is 19.1. The third kappa shape index (κ3) is 4.43. The van der Waals surface area contributed by atoms with E-state index in [1.807, 2.05) is 12.1 Å². The molecule has 2 N–H and O–H groups in total. The van der Waals surface area contributed by atoms with Crippen LogP contribution in [0, 0.1) is 17.2 Å². The van der Waals surface area contributed by atoms with E-state index in [9.17, 15) is 9.18 Å². The lowest BCUT2D eigenvalue weighted by atomic mass is 9.75. The molecule has 0 bridgehead atoms. The van der Waals surface area contributed by atoms with Gasteiger partial charge in [-0.2, -0.15) is 0 Å². The Kier molecular flexibility index (Phi) is 5.88. The minimum absolute atomic E-state index is 0.0715. The molecule has 0 spiro atoms. The molecule has 0 amide bonds. The predicted octanol–water partition coefficient (Wildman–Crippen LogP) is 5.27. The van der Waals surface area contributed by atoms with Crippen molar-refractivity contribution in [1.29, 1.82) is 0 Å². The Hall–Kier alpha value is -2.86. The molecular formula is C28H33FN4O. The first-order valence-corrected chi connectivity index (χ1v) is 12.2. The molecule has 1 aliphatic carbocycles. The first-order valence-electron chi connectivity index (χ1n) is 12.2. The van der Waals surface area contributed by atoms with E-state index < -0.39 is 0 Å². The average molecular weight is 461 g/mol. The minimum Gasteiger partial charge on any atom is -0.369 e. The molecule has 1 aromatic carbocycles. The fourth-order valence-corrected chi connectivity index (χ4v) is 5.91. The van der Waals surface area contributed by atoms with Crippen LogP contribution in [0.2, 0.25) is 0 Å². The van der Waals surface area contributed by atoms with Crippen molar-refractivity contribution < 1.29 is 9.18 Å². The van der Waals surface area contributed by atoms with Gasteiger partial charge in [-0.25, -0.2) is 4.39 Å². The molecule has 5 nitrogen and oxygen atoms in total. The second kappa shape index (κ2) is 8.73. The first-order chi connectivity index (χ1) is 16.2. The van der Waals surface area contributed by atoms with E-state index in [4.69, 9.17) is 5.73 Å². The first kappa shape index (κ1) is 22.9. The highest BCUT2D eigenvalue weighted by Crippen LogP contribution is 2.38. The van der Waals surface area contributed by atoms with Gasteiger partial charge in [0.25, 0.3) is 0 Å². The van der Waals surface area contributed by atoms with E-state index in [0.717, 1.165) is 49.2 Å². The zero-order valence-electron chi connectivity index (χ0n) is 20.2. The summed E-state index contributed by atoms with van der Waals surface area (Å²) in [6.45, 7) is 8.48. The van der Waals surface area contributed by atoms with Gasteiger partial charge in [0.05, 0.1) is 17.4 Å². The van der Waals surface area contributed by atoms with E-state index in [-0.39, 0.29) is 29.5 Å². The molecule has 1 aliphatic heterocycles. The van der Waals surface area contributed by atoms with Gasteiger partial charge in [0, 0.05) is 48.9 Å². The normalized spacial score (nSPS) is 24.1. The Bertz CT molecular complexity index is 1220. The lowest BCUT2D eigenvalue weighted by Crippen LogP contribution is -2.53. The number of hydrogen-bond donors (Lipinski definition) is 1. The molecule has 3 atom stereocenters. The summed E-state index contributed by atoms with van der Waals surface area (Å²) in [4.78, 5) is 24.5. The summed E-state index contributed by atoms with van der Waals surface area (Å²) in [5.74, 6) is 0.462. The summed E-state index contributed by atoms with van der Waals surface area (Å²) in [6, 6.07) is 6.98. The van der Waals surface area contributed by atoms with E-state index in [1.165, 1.54) is 6.07 Å². The van der Waals surface area contributed by atoms with Gasteiger partial charge < -0.3 is 10.6 Å². The van der Waals surface area contributed by atoms with Crippen molar-refractivity contribution in [2.24, 2.45) is 17.1 Å². The zero-order chi connectivity index (χ0) is 24.0. The monoisotopic (exact) mass is 460 g/mol. The lowest BCUT2D eigenvalue weighted by Gasteiger charge is -2.47. The number of aromatic nitrogens is 2. The number of Topliss-reactive ketones (excluding diaryl/α,β-unsaturated/α-hetero) is 1. The van der Waals surface area contributed by atoms with E-state index in [2.05, 4.69) is 35.6 Å². The highest BCUT2D eigenvalue weighted by Gasteiger charge is 2.34. The summed E-state index contributed by atoms with van der Waals surface area (Å²) in [7, 11) is 0. The van der Waals surface area contributed by atoms with Gasteiger partial charge in [-0.15, -0.1) is 0 Å². The van der Waals surface area contributed by atoms with Crippen LogP contribution in [-0.2, 0) is 6.42 Å². The fraction of sp³-hybridized carbons (Fsp3) is 0.464. The molecule has 2 aliphatic rings. The topological polar surface area (TPSA) is 72.1 Å². The highest BCUT2D eigenvalue weighted by molar-refractivity contribution is 6.08. The summed E-state index contributed by atoms with van der Waals surface area (Å²) in [6.07, 6.45) is 8.59. The molecule has 1 saturated carbocycles. The summed E-state index contributed by atoms with van der Waals surface area (Å²) >= 11 is 0. The van der Waals surface area contributed by atoms with Crippen LogP contribution in [0.5, 0.6) is 0 Å². The number of carbonyl (C=O) groups is 1. The number of carbonyl (C=O) groups excluding carboxylic acids is 1. The average Bonchev–Trinajstić information content (AvgIpc) is 2.77. The molecular weight excluding hydrogens is 427 g/mol. The number of nitrogens with two attached hydrogens (primary N) is 1. The number of nitrogens with zero attached hydrogens (tertiary/aromatic N) is 3. The van der Waals surface area contributed by atoms with Crippen molar-refractivity contribution in [2.75, 3.05) is 18.0 Å². The summed E-state index contributed by atoms with van der Waals surface area (Å²) < 4.78 is 14.8. The smallest absolute Gasteiger partial charge is 0.169 e. The lowest BCUT2D eigenvalue weighted by molar-refractivity contribution is 0.0994. The molecule has 178 valence electrons. The van der Waals surface area contributed by atoms with E-state index in [0.29, 0.717) is 28.3 Å². The van der Waals surface area contributed by atoms with Crippen LogP contribution in [0.1, 0.15) is 67.4 Å². The fourth-order valence-electron chi connectivity index (χ4n) is 5.91. The molecule has 5 rings (SSSR count). The van der Waals surface area contributed by atoms with Gasteiger partial charge in [-0.1, -0.05) is 20.8 Å². The standard InChI is InChI=1S/C28H33FN4O/c1-17-8-18(10-20(30)9-17)22-6-7-31-13-19(22)11-26(34)23-4-5-25(29)24-12-21(14-32-27(23)24)33-15-28(2,3)16-33/h4-7,12-14,17-18,20H,8-11,15-16,30H2,1-3H3/t17-,18+,20-/m0/s1. The molecule has 6 heteroatoms. The second-order valence-corrected chi connectivity index (χ2v) is 11.1. The molecule has 0 radical (unpaired) electrons. The molecule has 2 aromatic heterocycles. The maximum Gasteiger partial charge on any atom is 0.169 e. The van der Waals surface area contributed by atoms with Crippen LogP contribution in [-0.4, -0.2) is 34.9 Å². The van der Waals surface area contributed by atoms with Gasteiger partial charge in [-0.3, -0.25) is 14.8 Å². The van der Waals surface area contributed by atoms with Gasteiger partial charge in [0.15, 0.2) is 5.78 Å². The number of rotatable bonds is 5. The quantitative estimate of drug-likeness (QED) is 0.525. The van der Waals surface area contributed by atoms with Crippen molar-refractivity contribution in [3.8, 4) is 0 Å². The molecule has 3 aromatic rings. The molecule has 3 heterocycles. The predicted molar refractivity (Wildman–Crippen MR) is 134 cm³/mol.